The van der Waals surface area contributed by atoms with E-state index in [4.69, 9.17) is 16.1 Å². The van der Waals surface area contributed by atoms with Gasteiger partial charge in [-0.2, -0.15) is 4.98 Å². The van der Waals surface area contributed by atoms with Crippen LogP contribution in [0.3, 0.4) is 0 Å². The second-order valence-corrected chi connectivity index (χ2v) is 7.02. The smallest absolute Gasteiger partial charge is 0.229 e. The SMILES string of the molecule is OC1(Cc2nc(C3CC3)no2)CCCN(c2ccc(Cl)cn2)C1. The molecular weight excluding hydrogens is 316 g/mol. The summed E-state index contributed by atoms with van der Waals surface area (Å²) in [4.78, 5) is 10.9. The zero-order chi connectivity index (χ0) is 15.9. The molecule has 0 aromatic carbocycles. The number of hydrogen-bond donors (Lipinski definition) is 1. The molecule has 7 heteroatoms. The van der Waals surface area contributed by atoms with Crippen LogP contribution >= 0.6 is 11.6 Å². The maximum atomic E-state index is 11.0. The summed E-state index contributed by atoms with van der Waals surface area (Å²) in [6, 6.07) is 3.70. The third-order valence-electron chi connectivity index (χ3n) is 4.50. The first-order valence-electron chi connectivity index (χ1n) is 8.03. The Balaban J connectivity index is 1.46. The Bertz CT molecular complexity index is 686. The Morgan fingerprint density at radius 1 is 1.39 bits per heavy atom. The first-order valence-corrected chi connectivity index (χ1v) is 8.40. The molecule has 3 heterocycles. The van der Waals surface area contributed by atoms with Crippen molar-refractivity contribution in [2.24, 2.45) is 0 Å². The predicted octanol–water partition coefficient (Wildman–Crippen LogP) is 2.57. The van der Waals surface area contributed by atoms with Gasteiger partial charge in [-0.05, 0) is 37.8 Å². The van der Waals surface area contributed by atoms with Crippen molar-refractivity contribution < 1.29 is 9.63 Å². The minimum Gasteiger partial charge on any atom is -0.388 e. The molecular formula is C16H19ClN4O2. The van der Waals surface area contributed by atoms with Gasteiger partial charge < -0.3 is 14.5 Å². The molecule has 1 atom stereocenters. The molecule has 2 aliphatic rings. The van der Waals surface area contributed by atoms with E-state index in [1.165, 1.54) is 0 Å². The quantitative estimate of drug-likeness (QED) is 0.926. The first kappa shape index (κ1) is 14.9. The number of rotatable bonds is 4. The highest BCUT2D eigenvalue weighted by Gasteiger charge is 2.37. The highest BCUT2D eigenvalue weighted by atomic mass is 35.5. The molecule has 0 spiro atoms. The summed E-state index contributed by atoms with van der Waals surface area (Å²) >= 11 is 5.89. The number of piperidine rings is 1. The zero-order valence-corrected chi connectivity index (χ0v) is 13.5. The lowest BCUT2D eigenvalue weighted by atomic mass is 9.89. The molecule has 0 radical (unpaired) electrons. The van der Waals surface area contributed by atoms with Crippen LogP contribution in [0.5, 0.6) is 0 Å². The van der Waals surface area contributed by atoms with Gasteiger partial charge in [0.2, 0.25) is 5.89 Å². The largest absolute Gasteiger partial charge is 0.388 e. The molecule has 2 aromatic heterocycles. The average molecular weight is 335 g/mol. The molecule has 1 aliphatic carbocycles. The molecule has 1 saturated heterocycles. The number of nitrogens with zero attached hydrogens (tertiary/aromatic N) is 4. The van der Waals surface area contributed by atoms with Crippen LogP contribution in [0.15, 0.2) is 22.9 Å². The summed E-state index contributed by atoms with van der Waals surface area (Å²) in [6.07, 6.45) is 5.91. The fourth-order valence-electron chi connectivity index (χ4n) is 3.14. The fraction of sp³-hybridized carbons (Fsp3) is 0.562. The number of aliphatic hydroxyl groups is 1. The van der Waals surface area contributed by atoms with E-state index in [1.807, 2.05) is 12.1 Å². The molecule has 1 N–H and O–H groups in total. The Morgan fingerprint density at radius 3 is 3.00 bits per heavy atom. The standard InChI is InChI=1S/C16H19ClN4O2/c17-12-4-5-13(18-9-12)21-7-1-6-16(22,10-21)8-14-19-15(20-23-14)11-2-3-11/h4-5,9,11,22H,1-3,6-8,10H2. The van der Waals surface area contributed by atoms with Crippen molar-refractivity contribution in [2.45, 2.75) is 43.6 Å². The van der Waals surface area contributed by atoms with E-state index in [0.29, 0.717) is 29.8 Å². The Hall–Kier alpha value is -1.66. The topological polar surface area (TPSA) is 75.3 Å². The van der Waals surface area contributed by atoms with Crippen LogP contribution in [-0.4, -0.2) is 38.9 Å². The number of aromatic nitrogens is 3. The molecule has 4 rings (SSSR count). The summed E-state index contributed by atoms with van der Waals surface area (Å²) in [7, 11) is 0. The highest BCUT2D eigenvalue weighted by Crippen LogP contribution is 2.38. The molecule has 2 aromatic rings. The van der Waals surface area contributed by atoms with Gasteiger partial charge in [-0.3, -0.25) is 0 Å². The summed E-state index contributed by atoms with van der Waals surface area (Å²) in [6.45, 7) is 1.37. The summed E-state index contributed by atoms with van der Waals surface area (Å²) in [5.74, 6) is 2.61. The number of pyridine rings is 1. The van der Waals surface area contributed by atoms with Crippen molar-refractivity contribution in [3.8, 4) is 0 Å². The molecule has 1 aliphatic heterocycles. The van der Waals surface area contributed by atoms with E-state index in [-0.39, 0.29) is 0 Å². The second-order valence-electron chi connectivity index (χ2n) is 6.58. The second kappa shape index (κ2) is 5.76. The summed E-state index contributed by atoms with van der Waals surface area (Å²) in [5, 5.41) is 15.6. The van der Waals surface area contributed by atoms with Crippen LogP contribution in [-0.2, 0) is 6.42 Å². The monoisotopic (exact) mass is 334 g/mol. The molecule has 2 fully saturated rings. The molecule has 122 valence electrons. The Labute approximate surface area is 139 Å². The van der Waals surface area contributed by atoms with Crippen LogP contribution in [0.2, 0.25) is 5.02 Å². The lowest BCUT2D eigenvalue weighted by Crippen LogP contribution is -2.50. The minimum atomic E-state index is -0.868. The van der Waals surface area contributed by atoms with E-state index in [2.05, 4.69) is 20.0 Å². The summed E-state index contributed by atoms with van der Waals surface area (Å²) < 4.78 is 5.32. The van der Waals surface area contributed by atoms with Gasteiger partial charge in [0.1, 0.15) is 5.82 Å². The van der Waals surface area contributed by atoms with Gasteiger partial charge in [0.25, 0.3) is 0 Å². The molecule has 6 nitrogen and oxygen atoms in total. The van der Waals surface area contributed by atoms with Crippen molar-refractivity contribution in [2.75, 3.05) is 18.0 Å². The lowest BCUT2D eigenvalue weighted by Gasteiger charge is -2.39. The van der Waals surface area contributed by atoms with Crippen LogP contribution in [0.4, 0.5) is 5.82 Å². The minimum absolute atomic E-state index is 0.386. The maximum absolute atomic E-state index is 11.0. The normalized spacial score (nSPS) is 24.9. The van der Waals surface area contributed by atoms with Crippen molar-refractivity contribution in [3.05, 3.63) is 35.1 Å². The van der Waals surface area contributed by atoms with Gasteiger partial charge in [0, 0.05) is 25.2 Å². The van der Waals surface area contributed by atoms with E-state index in [0.717, 1.165) is 43.9 Å². The number of anilines is 1. The molecule has 1 unspecified atom stereocenters. The number of hydrogen-bond acceptors (Lipinski definition) is 6. The van der Waals surface area contributed by atoms with Gasteiger partial charge in [-0.15, -0.1) is 0 Å². The van der Waals surface area contributed by atoms with E-state index in [9.17, 15) is 5.11 Å². The number of halogens is 1. The third-order valence-corrected chi connectivity index (χ3v) is 4.72. The van der Waals surface area contributed by atoms with Gasteiger partial charge in [-0.25, -0.2) is 4.98 Å². The Morgan fingerprint density at radius 2 is 2.26 bits per heavy atom. The average Bonchev–Trinajstić information content (AvgIpc) is 3.28. The fourth-order valence-corrected chi connectivity index (χ4v) is 3.25. The van der Waals surface area contributed by atoms with Crippen LogP contribution in [0.25, 0.3) is 0 Å². The maximum Gasteiger partial charge on any atom is 0.229 e. The molecule has 1 saturated carbocycles. The molecule has 0 bridgehead atoms. The Kier molecular flexibility index (Phi) is 3.73. The van der Waals surface area contributed by atoms with Gasteiger partial charge >= 0.3 is 0 Å². The van der Waals surface area contributed by atoms with Crippen molar-refractivity contribution in [1.82, 2.24) is 15.1 Å². The van der Waals surface area contributed by atoms with Gasteiger partial charge in [0.05, 0.1) is 17.0 Å². The van der Waals surface area contributed by atoms with Crippen molar-refractivity contribution >= 4 is 17.4 Å². The zero-order valence-electron chi connectivity index (χ0n) is 12.8. The lowest BCUT2D eigenvalue weighted by molar-refractivity contribution is 0.0191. The van der Waals surface area contributed by atoms with E-state index < -0.39 is 5.60 Å². The van der Waals surface area contributed by atoms with Crippen LogP contribution < -0.4 is 4.90 Å². The molecule has 23 heavy (non-hydrogen) atoms. The van der Waals surface area contributed by atoms with Crippen LogP contribution in [0, 0.1) is 0 Å². The van der Waals surface area contributed by atoms with E-state index in [1.54, 1.807) is 6.20 Å². The van der Waals surface area contributed by atoms with Gasteiger partial charge in [-0.1, -0.05) is 16.8 Å². The summed E-state index contributed by atoms with van der Waals surface area (Å²) in [5.41, 5.74) is -0.868. The predicted molar refractivity (Wildman–Crippen MR) is 85.6 cm³/mol. The highest BCUT2D eigenvalue weighted by molar-refractivity contribution is 6.30. The van der Waals surface area contributed by atoms with Gasteiger partial charge in [0.15, 0.2) is 5.82 Å². The number of β-amino-alcohol motifs (C(OH)–C–C–N with tert-alkyl or cyclic N) is 1. The third kappa shape index (κ3) is 3.33. The first-order chi connectivity index (χ1) is 11.1. The van der Waals surface area contributed by atoms with Crippen molar-refractivity contribution in [1.29, 1.82) is 0 Å². The van der Waals surface area contributed by atoms with Crippen LogP contribution in [0.1, 0.15) is 43.3 Å². The molecule has 0 amide bonds. The van der Waals surface area contributed by atoms with Crippen molar-refractivity contribution in [3.63, 3.8) is 0 Å². The van der Waals surface area contributed by atoms with E-state index >= 15 is 0 Å².